The number of nitrogens with zero attached hydrogens (tertiary/aromatic N) is 1. The van der Waals surface area contributed by atoms with Crippen molar-refractivity contribution in [1.29, 1.82) is 0 Å². The Morgan fingerprint density at radius 1 is 1.06 bits per heavy atom. The van der Waals surface area contributed by atoms with Crippen LogP contribution in [0.25, 0.3) is 0 Å². The lowest BCUT2D eigenvalue weighted by atomic mass is 9.78. The molecule has 0 aliphatic carbocycles. The number of hydrogen-bond donors (Lipinski definition) is 1. The molecule has 1 spiro atoms. The molecule has 3 aliphatic heterocycles. The van der Waals surface area contributed by atoms with Gasteiger partial charge in [-0.2, -0.15) is 0 Å². The second-order valence-corrected chi connectivity index (χ2v) is 7.13. The average molecular weight is 252 g/mol. The molecule has 0 unspecified atom stereocenters. The molecule has 18 heavy (non-hydrogen) atoms. The molecule has 104 valence electrons. The summed E-state index contributed by atoms with van der Waals surface area (Å²) in [6.45, 7) is 10.9. The van der Waals surface area contributed by atoms with E-state index in [1.807, 2.05) is 0 Å². The van der Waals surface area contributed by atoms with Crippen molar-refractivity contribution >= 4 is 0 Å². The number of hydrogen-bond acceptors (Lipinski definition) is 3. The standard InChI is InChI=1S/C15H28N2O/c1-14(5-10-18-11-6-14)12-17-9-4-15(13-17)2-7-16-8-3-15/h16H,2-13H2,1H3. The molecule has 3 heterocycles. The summed E-state index contributed by atoms with van der Waals surface area (Å²) in [5.74, 6) is 0. The molecule has 0 amide bonds. The maximum Gasteiger partial charge on any atom is 0.0471 e. The van der Waals surface area contributed by atoms with E-state index >= 15 is 0 Å². The van der Waals surface area contributed by atoms with Crippen molar-refractivity contribution in [2.75, 3.05) is 45.9 Å². The monoisotopic (exact) mass is 252 g/mol. The number of piperidine rings is 1. The van der Waals surface area contributed by atoms with E-state index in [4.69, 9.17) is 4.74 Å². The van der Waals surface area contributed by atoms with Gasteiger partial charge in [-0.25, -0.2) is 0 Å². The first-order valence-corrected chi connectivity index (χ1v) is 7.71. The zero-order valence-corrected chi connectivity index (χ0v) is 11.8. The molecule has 1 N–H and O–H groups in total. The van der Waals surface area contributed by atoms with Gasteiger partial charge in [0.15, 0.2) is 0 Å². The molecule has 0 aromatic heterocycles. The molecular formula is C15H28N2O. The van der Waals surface area contributed by atoms with Gasteiger partial charge >= 0.3 is 0 Å². The van der Waals surface area contributed by atoms with Gasteiger partial charge in [0.2, 0.25) is 0 Å². The summed E-state index contributed by atoms with van der Waals surface area (Å²) in [4.78, 5) is 2.75. The quantitative estimate of drug-likeness (QED) is 0.812. The largest absolute Gasteiger partial charge is 0.381 e. The van der Waals surface area contributed by atoms with Crippen molar-refractivity contribution in [3.63, 3.8) is 0 Å². The van der Waals surface area contributed by atoms with Gasteiger partial charge in [-0.1, -0.05) is 6.92 Å². The highest BCUT2D eigenvalue weighted by molar-refractivity contribution is 4.95. The summed E-state index contributed by atoms with van der Waals surface area (Å²) in [7, 11) is 0. The van der Waals surface area contributed by atoms with Crippen LogP contribution in [0.4, 0.5) is 0 Å². The van der Waals surface area contributed by atoms with Gasteiger partial charge in [0.25, 0.3) is 0 Å². The van der Waals surface area contributed by atoms with Gasteiger partial charge in [-0.05, 0) is 62.6 Å². The first kappa shape index (κ1) is 12.9. The van der Waals surface area contributed by atoms with E-state index in [9.17, 15) is 0 Å². The summed E-state index contributed by atoms with van der Waals surface area (Å²) in [6.07, 6.45) is 6.71. The predicted molar refractivity (Wildman–Crippen MR) is 73.8 cm³/mol. The fourth-order valence-electron chi connectivity index (χ4n) is 4.09. The van der Waals surface area contributed by atoms with Crippen LogP contribution in [-0.4, -0.2) is 50.8 Å². The molecule has 3 saturated heterocycles. The molecule has 0 radical (unpaired) electrons. The van der Waals surface area contributed by atoms with E-state index in [2.05, 4.69) is 17.1 Å². The molecule has 3 rings (SSSR count). The molecule has 0 aromatic rings. The van der Waals surface area contributed by atoms with Gasteiger partial charge in [0.1, 0.15) is 0 Å². The van der Waals surface area contributed by atoms with Crippen LogP contribution in [0.3, 0.4) is 0 Å². The predicted octanol–water partition coefficient (Wildman–Crippen LogP) is 1.88. The third-order valence-electron chi connectivity index (χ3n) is 5.49. The van der Waals surface area contributed by atoms with Crippen LogP contribution in [0.15, 0.2) is 0 Å². The van der Waals surface area contributed by atoms with E-state index in [0.717, 1.165) is 13.2 Å². The lowest BCUT2D eigenvalue weighted by molar-refractivity contribution is 0.00643. The summed E-state index contributed by atoms with van der Waals surface area (Å²) in [6, 6.07) is 0. The van der Waals surface area contributed by atoms with Gasteiger partial charge < -0.3 is 15.0 Å². The molecule has 0 saturated carbocycles. The summed E-state index contributed by atoms with van der Waals surface area (Å²) >= 11 is 0. The van der Waals surface area contributed by atoms with E-state index in [1.54, 1.807) is 0 Å². The van der Waals surface area contributed by atoms with Crippen LogP contribution in [-0.2, 0) is 4.74 Å². The average Bonchev–Trinajstić information content (AvgIpc) is 2.73. The van der Waals surface area contributed by atoms with E-state index in [0.29, 0.717) is 10.8 Å². The van der Waals surface area contributed by atoms with Crippen molar-refractivity contribution in [2.45, 2.75) is 39.0 Å². The summed E-state index contributed by atoms with van der Waals surface area (Å²) in [5, 5.41) is 3.50. The molecule has 3 nitrogen and oxygen atoms in total. The van der Waals surface area contributed by atoms with Crippen LogP contribution < -0.4 is 5.32 Å². The van der Waals surface area contributed by atoms with Gasteiger partial charge in [0.05, 0.1) is 0 Å². The zero-order valence-electron chi connectivity index (χ0n) is 11.8. The van der Waals surface area contributed by atoms with Gasteiger partial charge in [0, 0.05) is 26.3 Å². The fraction of sp³-hybridized carbons (Fsp3) is 1.00. The second kappa shape index (κ2) is 5.10. The summed E-state index contributed by atoms with van der Waals surface area (Å²) < 4.78 is 5.51. The lowest BCUT2D eigenvalue weighted by Gasteiger charge is -2.38. The van der Waals surface area contributed by atoms with Gasteiger partial charge in [-0.3, -0.25) is 0 Å². The fourth-order valence-corrected chi connectivity index (χ4v) is 4.09. The smallest absolute Gasteiger partial charge is 0.0471 e. The Kier molecular flexibility index (Phi) is 3.65. The van der Waals surface area contributed by atoms with Crippen molar-refractivity contribution in [2.24, 2.45) is 10.8 Å². The number of ether oxygens (including phenoxy) is 1. The van der Waals surface area contributed by atoms with Crippen molar-refractivity contribution in [1.82, 2.24) is 10.2 Å². The minimum absolute atomic E-state index is 0.511. The van der Waals surface area contributed by atoms with Crippen LogP contribution in [0.2, 0.25) is 0 Å². The topological polar surface area (TPSA) is 24.5 Å². The third-order valence-corrected chi connectivity index (χ3v) is 5.49. The Balaban J connectivity index is 1.55. The first-order valence-electron chi connectivity index (χ1n) is 7.71. The van der Waals surface area contributed by atoms with E-state index in [-0.39, 0.29) is 0 Å². The maximum atomic E-state index is 5.51. The normalized spacial score (nSPS) is 31.8. The molecule has 3 heteroatoms. The number of rotatable bonds is 2. The van der Waals surface area contributed by atoms with Gasteiger partial charge in [-0.15, -0.1) is 0 Å². The van der Waals surface area contributed by atoms with Crippen molar-refractivity contribution in [3.05, 3.63) is 0 Å². The molecule has 3 aliphatic rings. The van der Waals surface area contributed by atoms with Crippen LogP contribution in [0.5, 0.6) is 0 Å². The third kappa shape index (κ3) is 2.73. The first-order chi connectivity index (χ1) is 8.70. The maximum absolute atomic E-state index is 5.51. The molecule has 0 atom stereocenters. The highest BCUT2D eigenvalue weighted by atomic mass is 16.5. The Hall–Kier alpha value is -0.120. The minimum atomic E-state index is 0.511. The van der Waals surface area contributed by atoms with E-state index in [1.165, 1.54) is 64.8 Å². The van der Waals surface area contributed by atoms with Crippen LogP contribution in [0, 0.1) is 10.8 Å². The van der Waals surface area contributed by atoms with E-state index < -0.39 is 0 Å². The van der Waals surface area contributed by atoms with Crippen molar-refractivity contribution < 1.29 is 4.74 Å². The Morgan fingerprint density at radius 3 is 2.50 bits per heavy atom. The SMILES string of the molecule is CC1(CN2CCC3(CCNCC3)C2)CCOCC1. The zero-order chi connectivity index (χ0) is 12.5. The molecule has 0 bridgehead atoms. The second-order valence-electron chi connectivity index (χ2n) is 7.13. The Morgan fingerprint density at radius 2 is 1.78 bits per heavy atom. The molecule has 0 aromatic carbocycles. The highest BCUT2D eigenvalue weighted by Crippen LogP contribution is 2.40. The lowest BCUT2D eigenvalue weighted by Crippen LogP contribution is -2.42. The molecular weight excluding hydrogens is 224 g/mol. The summed E-state index contributed by atoms with van der Waals surface area (Å²) in [5.41, 5.74) is 1.17. The Bertz CT molecular complexity index is 280. The highest BCUT2D eigenvalue weighted by Gasteiger charge is 2.41. The minimum Gasteiger partial charge on any atom is -0.381 e. The Labute approximate surface area is 111 Å². The number of nitrogens with one attached hydrogen (secondary N) is 1. The molecule has 3 fully saturated rings. The van der Waals surface area contributed by atoms with Crippen LogP contribution in [0.1, 0.15) is 39.0 Å². The van der Waals surface area contributed by atoms with Crippen molar-refractivity contribution in [3.8, 4) is 0 Å². The number of likely N-dealkylation sites (tertiary alicyclic amines) is 1. The van der Waals surface area contributed by atoms with Crippen LogP contribution >= 0.6 is 0 Å².